The number of hydrogen-bond acceptors (Lipinski definition) is 2. The zero-order valence-corrected chi connectivity index (χ0v) is 11.3. The Morgan fingerprint density at radius 1 is 1.47 bits per heavy atom. The van der Waals surface area contributed by atoms with Crippen molar-refractivity contribution in [3.8, 4) is 5.75 Å². The molecule has 94 valence electrons. The van der Waals surface area contributed by atoms with E-state index in [0.717, 1.165) is 6.42 Å². The van der Waals surface area contributed by atoms with Crippen LogP contribution in [0, 0.1) is 0 Å². The summed E-state index contributed by atoms with van der Waals surface area (Å²) in [6.07, 6.45) is 0.882. The highest BCUT2D eigenvalue weighted by molar-refractivity contribution is 6.35. The van der Waals surface area contributed by atoms with Crippen LogP contribution in [0.25, 0.3) is 0 Å². The summed E-state index contributed by atoms with van der Waals surface area (Å²) >= 11 is 11.7. The summed E-state index contributed by atoms with van der Waals surface area (Å²) in [5.74, 6) is 0.292. The van der Waals surface area contributed by atoms with Crippen molar-refractivity contribution >= 4 is 29.1 Å². The zero-order chi connectivity index (χ0) is 12.8. The minimum Gasteiger partial charge on any atom is -0.482 e. The smallest absolute Gasteiger partial charge is 0.258 e. The van der Waals surface area contributed by atoms with Crippen molar-refractivity contribution in [2.24, 2.45) is 0 Å². The summed E-state index contributed by atoms with van der Waals surface area (Å²) in [6.45, 7) is 3.89. The Hall–Kier alpha value is -0.930. The molecule has 0 aliphatic heterocycles. The van der Waals surface area contributed by atoms with Gasteiger partial charge in [-0.05, 0) is 31.5 Å². The lowest BCUT2D eigenvalue weighted by Gasteiger charge is -2.12. The molecule has 1 amide bonds. The van der Waals surface area contributed by atoms with Crippen molar-refractivity contribution in [3.05, 3.63) is 28.2 Å². The number of amides is 1. The van der Waals surface area contributed by atoms with Gasteiger partial charge in [-0.15, -0.1) is 0 Å². The number of benzene rings is 1. The molecule has 1 aromatic carbocycles. The van der Waals surface area contributed by atoms with Gasteiger partial charge >= 0.3 is 0 Å². The number of rotatable bonds is 5. The van der Waals surface area contributed by atoms with Crippen molar-refractivity contribution in [2.45, 2.75) is 26.3 Å². The Bertz CT molecular complexity index is 396. The van der Waals surface area contributed by atoms with E-state index in [2.05, 4.69) is 5.32 Å². The van der Waals surface area contributed by atoms with Gasteiger partial charge in [-0.25, -0.2) is 0 Å². The number of hydrogen-bond donors (Lipinski definition) is 1. The van der Waals surface area contributed by atoms with Crippen LogP contribution < -0.4 is 10.1 Å². The summed E-state index contributed by atoms with van der Waals surface area (Å²) < 4.78 is 5.30. The van der Waals surface area contributed by atoms with E-state index >= 15 is 0 Å². The molecule has 1 atom stereocenters. The Kier molecular flexibility index (Phi) is 5.59. The number of ether oxygens (including phenoxy) is 1. The predicted molar refractivity (Wildman–Crippen MR) is 69.9 cm³/mol. The molecular formula is C12H15Cl2NO2. The van der Waals surface area contributed by atoms with Gasteiger partial charge in [-0.1, -0.05) is 30.1 Å². The molecule has 0 heterocycles. The quantitative estimate of drug-likeness (QED) is 0.896. The fourth-order valence-corrected chi connectivity index (χ4v) is 1.62. The third-order valence-electron chi connectivity index (χ3n) is 2.27. The first kappa shape index (κ1) is 14.1. The average molecular weight is 276 g/mol. The highest BCUT2D eigenvalue weighted by atomic mass is 35.5. The molecule has 1 rings (SSSR count). The van der Waals surface area contributed by atoms with E-state index < -0.39 is 0 Å². The number of nitrogens with one attached hydrogen (secondary N) is 1. The summed E-state index contributed by atoms with van der Waals surface area (Å²) in [5, 5.41) is 3.73. The maximum absolute atomic E-state index is 11.5. The lowest BCUT2D eigenvalue weighted by Crippen LogP contribution is -2.35. The summed E-state index contributed by atoms with van der Waals surface area (Å²) in [6, 6.07) is 5.02. The monoisotopic (exact) mass is 275 g/mol. The molecule has 0 unspecified atom stereocenters. The molecule has 17 heavy (non-hydrogen) atoms. The van der Waals surface area contributed by atoms with E-state index in [1.165, 1.54) is 0 Å². The highest BCUT2D eigenvalue weighted by Crippen LogP contribution is 2.27. The van der Waals surface area contributed by atoms with Gasteiger partial charge in [0, 0.05) is 11.1 Å². The van der Waals surface area contributed by atoms with Crippen LogP contribution in [0.1, 0.15) is 20.3 Å². The van der Waals surface area contributed by atoms with Gasteiger partial charge in [-0.3, -0.25) is 4.79 Å². The second kappa shape index (κ2) is 6.72. The Labute approximate surface area is 111 Å². The molecule has 1 N–H and O–H groups in total. The fourth-order valence-electron chi connectivity index (χ4n) is 1.15. The highest BCUT2D eigenvalue weighted by Gasteiger charge is 2.08. The topological polar surface area (TPSA) is 38.3 Å². The first-order valence-corrected chi connectivity index (χ1v) is 6.15. The van der Waals surface area contributed by atoms with E-state index in [-0.39, 0.29) is 18.6 Å². The molecule has 0 radical (unpaired) electrons. The molecule has 3 nitrogen and oxygen atoms in total. The molecule has 0 saturated carbocycles. The number of carbonyl (C=O) groups is 1. The molecule has 1 aromatic rings. The number of carbonyl (C=O) groups excluding carboxylic acids is 1. The maximum Gasteiger partial charge on any atom is 0.258 e. The maximum atomic E-state index is 11.5. The van der Waals surface area contributed by atoms with Crippen LogP contribution in [-0.4, -0.2) is 18.6 Å². The van der Waals surface area contributed by atoms with Crippen LogP contribution in [-0.2, 0) is 4.79 Å². The molecule has 0 fully saturated rings. The first-order valence-electron chi connectivity index (χ1n) is 5.40. The zero-order valence-electron chi connectivity index (χ0n) is 9.80. The molecular weight excluding hydrogens is 261 g/mol. The third kappa shape index (κ3) is 4.84. The van der Waals surface area contributed by atoms with E-state index in [0.29, 0.717) is 15.8 Å². The predicted octanol–water partition coefficient (Wildman–Crippen LogP) is 3.29. The molecule has 0 bridgehead atoms. The van der Waals surface area contributed by atoms with Gasteiger partial charge < -0.3 is 10.1 Å². The second-order valence-corrected chi connectivity index (χ2v) is 4.58. The average Bonchev–Trinajstić information content (AvgIpc) is 2.27. The van der Waals surface area contributed by atoms with Gasteiger partial charge in [0.05, 0.1) is 5.02 Å². The van der Waals surface area contributed by atoms with Crippen molar-refractivity contribution < 1.29 is 9.53 Å². The fraction of sp³-hybridized carbons (Fsp3) is 0.417. The molecule has 0 aliphatic rings. The SMILES string of the molecule is CC[C@@H](C)NC(=O)COc1ccc(Cl)cc1Cl. The van der Waals surface area contributed by atoms with E-state index in [1.54, 1.807) is 18.2 Å². The van der Waals surface area contributed by atoms with Crippen LogP contribution in [0.15, 0.2) is 18.2 Å². The van der Waals surface area contributed by atoms with E-state index in [1.807, 2.05) is 13.8 Å². The van der Waals surface area contributed by atoms with E-state index in [4.69, 9.17) is 27.9 Å². The largest absolute Gasteiger partial charge is 0.482 e. The minimum absolute atomic E-state index is 0.0499. The normalized spacial score (nSPS) is 12.0. The molecule has 0 aliphatic carbocycles. The lowest BCUT2D eigenvalue weighted by molar-refractivity contribution is -0.123. The van der Waals surface area contributed by atoms with Crippen LogP contribution >= 0.6 is 23.2 Å². The number of halogens is 2. The standard InChI is InChI=1S/C12H15Cl2NO2/c1-3-8(2)15-12(16)7-17-11-5-4-9(13)6-10(11)14/h4-6,8H,3,7H2,1-2H3,(H,15,16)/t8-/m1/s1. The van der Waals surface area contributed by atoms with E-state index in [9.17, 15) is 4.79 Å². The molecule has 5 heteroatoms. The van der Waals surface area contributed by atoms with Gasteiger partial charge in [0.2, 0.25) is 0 Å². The van der Waals surface area contributed by atoms with Gasteiger partial charge in [0.25, 0.3) is 5.91 Å². The second-order valence-electron chi connectivity index (χ2n) is 3.74. The molecule has 0 aromatic heterocycles. The van der Waals surface area contributed by atoms with Crippen LogP contribution in [0.4, 0.5) is 0 Å². The van der Waals surface area contributed by atoms with Gasteiger partial charge in [0.1, 0.15) is 5.75 Å². The van der Waals surface area contributed by atoms with Gasteiger partial charge in [-0.2, -0.15) is 0 Å². The van der Waals surface area contributed by atoms with Crippen LogP contribution in [0.2, 0.25) is 10.0 Å². The Morgan fingerprint density at radius 3 is 2.76 bits per heavy atom. The minimum atomic E-state index is -0.162. The summed E-state index contributed by atoms with van der Waals surface area (Å²) in [7, 11) is 0. The lowest BCUT2D eigenvalue weighted by atomic mass is 10.2. The van der Waals surface area contributed by atoms with Crippen molar-refractivity contribution in [1.82, 2.24) is 5.32 Å². The molecule has 0 saturated heterocycles. The Morgan fingerprint density at radius 2 is 2.18 bits per heavy atom. The first-order chi connectivity index (χ1) is 8.02. The van der Waals surface area contributed by atoms with Crippen molar-refractivity contribution in [1.29, 1.82) is 0 Å². The summed E-state index contributed by atoms with van der Waals surface area (Å²) in [4.78, 5) is 11.5. The van der Waals surface area contributed by atoms with Gasteiger partial charge in [0.15, 0.2) is 6.61 Å². The van der Waals surface area contributed by atoms with Crippen LogP contribution in [0.3, 0.4) is 0 Å². The van der Waals surface area contributed by atoms with Crippen molar-refractivity contribution in [3.63, 3.8) is 0 Å². The summed E-state index contributed by atoms with van der Waals surface area (Å²) in [5.41, 5.74) is 0. The Balaban J connectivity index is 2.47. The van der Waals surface area contributed by atoms with Crippen LogP contribution in [0.5, 0.6) is 5.75 Å². The van der Waals surface area contributed by atoms with Crippen molar-refractivity contribution in [2.75, 3.05) is 6.61 Å². The third-order valence-corrected chi connectivity index (χ3v) is 2.80. The molecule has 0 spiro atoms.